The van der Waals surface area contributed by atoms with Gasteiger partial charge in [-0.05, 0) is 37.7 Å². The zero-order chi connectivity index (χ0) is 25.4. The van der Waals surface area contributed by atoms with Crippen molar-refractivity contribution in [2.24, 2.45) is 28.0 Å². The van der Waals surface area contributed by atoms with Crippen molar-refractivity contribution in [2.45, 2.75) is 77.4 Å². The largest absolute Gasteiger partial charge is 0.493 e. The van der Waals surface area contributed by atoms with Crippen LogP contribution in [0.1, 0.15) is 71.4 Å². The van der Waals surface area contributed by atoms with Gasteiger partial charge in [-0.25, -0.2) is 4.99 Å². The van der Waals surface area contributed by atoms with Crippen LogP contribution in [0, 0.1) is 17.3 Å². The first kappa shape index (κ1) is 25.5. The Kier molecular flexibility index (Phi) is 7.13. The number of nitrogens with two attached hydrogens (primary N) is 1. The summed E-state index contributed by atoms with van der Waals surface area (Å²) < 4.78 is 11.3. The fraction of sp³-hybridized carbons (Fsp3) is 0.667. The number of carbonyl (C=O) groups excluding carboxylic acids is 2. The topological polar surface area (TPSA) is 106 Å². The van der Waals surface area contributed by atoms with Crippen LogP contribution in [0.4, 0.5) is 0 Å². The molecule has 4 atom stereocenters. The fourth-order valence-corrected chi connectivity index (χ4v) is 5.70. The number of hydrogen-bond donors (Lipinski definition) is 2. The number of nitrogens with zero attached hydrogens (tertiary/aromatic N) is 2. The molecule has 1 aromatic carbocycles. The Morgan fingerprint density at radius 2 is 2.03 bits per heavy atom. The third-order valence-electron chi connectivity index (χ3n) is 8.18. The maximum atomic E-state index is 13.5. The molecule has 2 amide bonds. The van der Waals surface area contributed by atoms with Crippen molar-refractivity contribution >= 4 is 17.8 Å². The molecule has 8 nitrogen and oxygen atoms in total. The van der Waals surface area contributed by atoms with E-state index >= 15 is 0 Å². The van der Waals surface area contributed by atoms with Crippen LogP contribution in [-0.4, -0.2) is 54.6 Å². The van der Waals surface area contributed by atoms with Gasteiger partial charge in [-0.2, -0.15) is 0 Å². The maximum Gasteiger partial charge on any atom is 0.231 e. The van der Waals surface area contributed by atoms with Crippen LogP contribution >= 0.6 is 0 Å². The Bertz CT molecular complexity index is 987. The smallest absolute Gasteiger partial charge is 0.231 e. The first-order valence-corrected chi connectivity index (χ1v) is 12.8. The standard InChI is InChI=1S/C27H40N4O4/c1-6-27(7-2)15-22(32)31(25(28)30-27)20(12-13-34-5)18-14-19(18)24(33)29-23-17-10-8-9-11-21(17)35-16-26(23,3)4/h8-11,18-20,23H,6-7,12-16H2,1-5H3,(H2,28,30)(H,29,33)/t18-,19-,20+,23-/m0/s1. The molecule has 2 heterocycles. The molecule has 2 aliphatic heterocycles. The summed E-state index contributed by atoms with van der Waals surface area (Å²) in [6.45, 7) is 9.32. The first-order valence-electron chi connectivity index (χ1n) is 12.8. The molecule has 3 aliphatic rings. The number of hydrogen-bond acceptors (Lipinski definition) is 6. The first-order chi connectivity index (χ1) is 16.7. The molecule has 0 aromatic heterocycles. The van der Waals surface area contributed by atoms with Crippen molar-refractivity contribution in [3.8, 4) is 5.75 Å². The number of nitrogens with one attached hydrogen (secondary N) is 1. The van der Waals surface area contributed by atoms with Gasteiger partial charge in [0.2, 0.25) is 11.8 Å². The van der Waals surface area contributed by atoms with Gasteiger partial charge in [0, 0.05) is 36.7 Å². The van der Waals surface area contributed by atoms with Crippen molar-refractivity contribution in [1.29, 1.82) is 0 Å². The zero-order valence-corrected chi connectivity index (χ0v) is 21.7. The SMILES string of the molecule is CCC1(CC)CC(=O)N([C@H](CCOC)[C@H]2C[C@@H]2C(=O)N[C@H]2c3ccccc3OCC2(C)C)C(N)=N1. The second-order valence-corrected chi connectivity index (χ2v) is 11.0. The maximum absolute atomic E-state index is 13.5. The van der Waals surface area contributed by atoms with Gasteiger partial charge < -0.3 is 20.5 Å². The van der Waals surface area contributed by atoms with Crippen LogP contribution in [0.5, 0.6) is 5.75 Å². The van der Waals surface area contributed by atoms with Crippen LogP contribution in [0.2, 0.25) is 0 Å². The van der Waals surface area contributed by atoms with Gasteiger partial charge in [-0.1, -0.05) is 45.9 Å². The van der Waals surface area contributed by atoms with Crippen LogP contribution < -0.4 is 15.8 Å². The highest BCUT2D eigenvalue weighted by atomic mass is 16.5. The lowest BCUT2D eigenvalue weighted by atomic mass is 9.79. The number of fused-ring (bicyclic) bond motifs is 1. The Labute approximate surface area is 208 Å². The summed E-state index contributed by atoms with van der Waals surface area (Å²) in [6.07, 6.45) is 3.21. The van der Waals surface area contributed by atoms with E-state index in [1.54, 1.807) is 12.0 Å². The lowest BCUT2D eigenvalue weighted by molar-refractivity contribution is -0.133. The Hall–Kier alpha value is -2.61. The number of rotatable bonds is 9. The van der Waals surface area contributed by atoms with E-state index in [9.17, 15) is 9.59 Å². The normalized spacial score (nSPS) is 27.3. The van der Waals surface area contributed by atoms with Gasteiger partial charge in [0.25, 0.3) is 0 Å². The third kappa shape index (κ3) is 4.90. The van der Waals surface area contributed by atoms with E-state index in [4.69, 9.17) is 20.2 Å². The molecule has 1 saturated carbocycles. The van der Waals surface area contributed by atoms with Gasteiger partial charge >= 0.3 is 0 Å². The average molecular weight is 485 g/mol. The summed E-state index contributed by atoms with van der Waals surface area (Å²) in [5, 5.41) is 3.31. The van der Waals surface area contributed by atoms with E-state index in [0.717, 1.165) is 30.6 Å². The monoisotopic (exact) mass is 484 g/mol. The van der Waals surface area contributed by atoms with E-state index in [2.05, 4.69) is 19.2 Å². The van der Waals surface area contributed by atoms with E-state index in [-0.39, 0.29) is 47.1 Å². The molecule has 0 bridgehead atoms. The van der Waals surface area contributed by atoms with E-state index in [1.807, 2.05) is 38.1 Å². The highest BCUT2D eigenvalue weighted by molar-refractivity contribution is 5.99. The fourth-order valence-electron chi connectivity index (χ4n) is 5.70. The summed E-state index contributed by atoms with van der Waals surface area (Å²) >= 11 is 0. The number of guanidine groups is 1. The Morgan fingerprint density at radius 1 is 1.31 bits per heavy atom. The number of aliphatic imine (C=N–C) groups is 1. The Morgan fingerprint density at radius 3 is 2.69 bits per heavy atom. The quantitative estimate of drug-likeness (QED) is 0.559. The van der Waals surface area contributed by atoms with Crippen LogP contribution in [0.3, 0.4) is 0 Å². The van der Waals surface area contributed by atoms with Gasteiger partial charge in [0.1, 0.15) is 5.75 Å². The van der Waals surface area contributed by atoms with Gasteiger partial charge in [0.15, 0.2) is 5.96 Å². The average Bonchev–Trinajstić information content (AvgIpc) is 3.63. The van der Waals surface area contributed by atoms with Crippen LogP contribution in [-0.2, 0) is 14.3 Å². The summed E-state index contributed by atoms with van der Waals surface area (Å²) in [6, 6.07) is 7.53. The zero-order valence-electron chi connectivity index (χ0n) is 21.7. The molecule has 0 spiro atoms. The number of para-hydroxylation sites is 1. The second kappa shape index (κ2) is 9.80. The van der Waals surface area contributed by atoms with E-state index in [0.29, 0.717) is 26.1 Å². The number of methoxy groups -OCH3 is 1. The number of ether oxygens (including phenoxy) is 2. The van der Waals surface area contributed by atoms with Crippen molar-refractivity contribution in [2.75, 3.05) is 20.3 Å². The minimum Gasteiger partial charge on any atom is -0.493 e. The number of benzene rings is 1. The number of carbonyl (C=O) groups is 2. The molecule has 1 aliphatic carbocycles. The van der Waals surface area contributed by atoms with Crippen molar-refractivity contribution in [3.63, 3.8) is 0 Å². The predicted molar refractivity (Wildman–Crippen MR) is 135 cm³/mol. The lowest BCUT2D eigenvalue weighted by Gasteiger charge is -2.41. The molecule has 35 heavy (non-hydrogen) atoms. The van der Waals surface area contributed by atoms with E-state index < -0.39 is 5.54 Å². The van der Waals surface area contributed by atoms with Crippen LogP contribution in [0.25, 0.3) is 0 Å². The molecule has 1 aromatic rings. The molecule has 1 fully saturated rings. The van der Waals surface area contributed by atoms with Crippen molar-refractivity contribution < 1.29 is 19.1 Å². The summed E-state index contributed by atoms with van der Waals surface area (Å²) in [4.78, 5) is 33.2. The predicted octanol–water partition coefficient (Wildman–Crippen LogP) is 3.41. The highest BCUT2D eigenvalue weighted by Gasteiger charge is 2.53. The van der Waals surface area contributed by atoms with Gasteiger partial charge in [0.05, 0.1) is 24.6 Å². The van der Waals surface area contributed by atoms with Gasteiger partial charge in [-0.3, -0.25) is 14.5 Å². The molecular weight excluding hydrogens is 444 g/mol. The minimum absolute atomic E-state index is 0.00662. The van der Waals surface area contributed by atoms with Crippen molar-refractivity contribution in [1.82, 2.24) is 10.2 Å². The molecule has 8 heteroatoms. The molecule has 3 N–H and O–H groups in total. The van der Waals surface area contributed by atoms with Gasteiger partial charge in [-0.15, -0.1) is 0 Å². The summed E-state index contributed by atoms with van der Waals surface area (Å²) in [5.41, 5.74) is 6.73. The highest BCUT2D eigenvalue weighted by Crippen LogP contribution is 2.48. The Balaban J connectivity index is 1.52. The molecule has 0 saturated heterocycles. The molecule has 0 unspecified atom stereocenters. The third-order valence-corrected chi connectivity index (χ3v) is 8.18. The molecule has 192 valence electrons. The molecule has 4 rings (SSSR count). The minimum atomic E-state index is -0.425. The summed E-state index contributed by atoms with van der Waals surface area (Å²) in [7, 11) is 1.65. The second-order valence-electron chi connectivity index (χ2n) is 11.0. The number of amides is 2. The molecular formula is C27H40N4O4. The lowest BCUT2D eigenvalue weighted by Crippen LogP contribution is -2.56. The van der Waals surface area contributed by atoms with Crippen molar-refractivity contribution in [3.05, 3.63) is 29.8 Å². The van der Waals surface area contributed by atoms with E-state index in [1.165, 1.54) is 0 Å². The summed E-state index contributed by atoms with van der Waals surface area (Å²) in [5.74, 6) is 0.956. The molecule has 0 radical (unpaired) electrons. The van der Waals surface area contributed by atoms with Crippen LogP contribution in [0.15, 0.2) is 29.3 Å².